The van der Waals surface area contributed by atoms with E-state index < -0.39 is 28.9 Å². The highest BCUT2D eigenvalue weighted by Gasteiger charge is 2.36. The van der Waals surface area contributed by atoms with E-state index in [-0.39, 0.29) is 0 Å². The van der Waals surface area contributed by atoms with Crippen LogP contribution in [0.2, 0.25) is 19.6 Å². The molecule has 1 atom stereocenters. The molecule has 0 aliphatic carbocycles. The summed E-state index contributed by atoms with van der Waals surface area (Å²) in [6, 6.07) is 0. The highest BCUT2D eigenvalue weighted by molar-refractivity contribution is 7.49. The van der Waals surface area contributed by atoms with E-state index in [1.165, 1.54) is 0 Å². The van der Waals surface area contributed by atoms with Crippen molar-refractivity contribution in [2.24, 2.45) is 0 Å². The Morgan fingerprint density at radius 1 is 1.36 bits per heavy atom. The summed E-state index contributed by atoms with van der Waals surface area (Å²) >= 11 is 0. The summed E-state index contributed by atoms with van der Waals surface area (Å²) in [5.74, 6) is 0. The van der Waals surface area contributed by atoms with E-state index >= 15 is 0 Å². The molecule has 0 bridgehead atoms. The Morgan fingerprint density at radius 3 is 2.07 bits per heavy atom. The number of rotatable bonds is 4. The van der Waals surface area contributed by atoms with Gasteiger partial charge in [-0.2, -0.15) is 13.2 Å². The fraction of sp³-hybridized carbons (Fsp3) is 1.00. The van der Waals surface area contributed by atoms with Crippen LogP contribution in [-0.4, -0.2) is 26.0 Å². The van der Waals surface area contributed by atoms with Crippen LogP contribution in [0, 0.1) is 0 Å². The first kappa shape index (κ1) is 14.1. The van der Waals surface area contributed by atoms with Gasteiger partial charge in [0.25, 0.3) is 0 Å². The zero-order valence-corrected chi connectivity index (χ0v) is 9.85. The maximum Gasteiger partial charge on any atom is 0.462 e. The largest absolute Gasteiger partial charge is 0.462 e. The third kappa shape index (κ3) is 8.70. The average Bonchev–Trinajstić information content (AvgIpc) is 1.76. The van der Waals surface area contributed by atoms with Crippen LogP contribution in [0.25, 0.3) is 0 Å². The van der Waals surface area contributed by atoms with Crippen LogP contribution in [0.4, 0.5) is 13.2 Å². The molecule has 0 fully saturated rings. The molecule has 1 unspecified atom stereocenters. The van der Waals surface area contributed by atoms with E-state index in [2.05, 4.69) is 8.74 Å². The van der Waals surface area contributed by atoms with E-state index in [0.29, 0.717) is 0 Å². The Kier molecular flexibility index (Phi) is 4.35. The van der Waals surface area contributed by atoms with Gasteiger partial charge in [0.15, 0.2) is 14.9 Å². The van der Waals surface area contributed by atoms with Gasteiger partial charge in [0.2, 0.25) is 0 Å². The molecule has 0 aromatic rings. The number of hydrogen-bond donors (Lipinski definition) is 1. The molecule has 0 aliphatic rings. The molecule has 0 spiro atoms. The second-order valence-corrected chi connectivity index (χ2v) is 9.71. The molecule has 9 heteroatoms. The first-order valence-corrected chi connectivity index (χ1v) is 8.56. The van der Waals surface area contributed by atoms with Crippen molar-refractivity contribution < 1.29 is 31.4 Å². The summed E-state index contributed by atoms with van der Waals surface area (Å²) in [5.41, 5.74) is 0. The normalized spacial score (nSPS) is 17.9. The Bertz CT molecular complexity index is 236. The average molecular weight is 252 g/mol. The number of phosphoric ester groups is 1. The molecule has 14 heavy (non-hydrogen) atoms. The summed E-state index contributed by atoms with van der Waals surface area (Å²) in [6.07, 6.45) is -4.64. The molecule has 4 nitrogen and oxygen atoms in total. The smallest absolute Gasteiger partial charge is 0.330 e. The fourth-order valence-electron chi connectivity index (χ4n) is 0.527. The molecule has 1 N–H and O–H groups in total. The topological polar surface area (TPSA) is 55.8 Å². The minimum Gasteiger partial charge on any atom is -0.330 e. The van der Waals surface area contributed by atoms with Crippen LogP contribution in [0.3, 0.4) is 0 Å². The zero-order valence-electron chi connectivity index (χ0n) is 7.96. The second kappa shape index (κ2) is 4.32. The van der Waals surface area contributed by atoms with Gasteiger partial charge >= 0.3 is 14.0 Å². The zero-order chi connectivity index (χ0) is 11.6. The van der Waals surface area contributed by atoms with Crippen LogP contribution in [-0.2, 0) is 13.3 Å². The molecule has 0 aromatic carbocycles. The van der Waals surface area contributed by atoms with Crippen molar-refractivity contribution in [1.82, 2.24) is 0 Å². The van der Waals surface area contributed by atoms with Gasteiger partial charge in [-0.15, -0.1) is 0 Å². The molecule has 0 rings (SSSR count). The summed E-state index contributed by atoms with van der Waals surface area (Å²) in [4.78, 5) is 8.86. The van der Waals surface area contributed by atoms with E-state index in [1.54, 1.807) is 19.6 Å². The third-order valence-corrected chi connectivity index (χ3v) is 4.35. The number of alkyl halides is 3. The van der Waals surface area contributed by atoms with Gasteiger partial charge in [0, 0.05) is 0 Å². The lowest BCUT2D eigenvalue weighted by molar-refractivity contribution is -0.156. The Labute approximate surface area is 80.8 Å². The van der Waals surface area contributed by atoms with Crippen molar-refractivity contribution in [2.45, 2.75) is 25.8 Å². The molecule has 0 saturated carbocycles. The van der Waals surface area contributed by atoms with Crippen LogP contribution in [0.15, 0.2) is 0 Å². The lowest BCUT2D eigenvalue weighted by Crippen LogP contribution is -2.25. The lowest BCUT2D eigenvalue weighted by Gasteiger charge is -2.21. The van der Waals surface area contributed by atoms with Gasteiger partial charge in [-0.05, 0) is 19.6 Å². The molecule has 0 aromatic heterocycles. The first-order chi connectivity index (χ1) is 5.91. The molecule has 0 aliphatic heterocycles. The third-order valence-electron chi connectivity index (χ3n) is 0.781. The SMILES string of the molecule is C[Si](C)(C)OP(=O)(O)OCC(F)(F)F. The van der Waals surface area contributed by atoms with Crippen LogP contribution in [0.5, 0.6) is 0 Å². The predicted molar refractivity (Wildman–Crippen MR) is 46.3 cm³/mol. The second-order valence-electron chi connectivity index (χ2n) is 3.56. The predicted octanol–water partition coefficient (Wildman–Crippen LogP) is 2.52. The Balaban J connectivity index is 4.17. The summed E-state index contributed by atoms with van der Waals surface area (Å²) in [5, 5.41) is 0. The Hall–Kier alpha value is 0.117. The number of phosphoric acid groups is 1. The maximum absolute atomic E-state index is 11.6. The van der Waals surface area contributed by atoms with Gasteiger partial charge in [0.05, 0.1) is 0 Å². The monoisotopic (exact) mass is 252 g/mol. The molecule has 86 valence electrons. The van der Waals surface area contributed by atoms with Gasteiger partial charge in [-0.1, -0.05) is 0 Å². The van der Waals surface area contributed by atoms with Crippen molar-refractivity contribution in [3.05, 3.63) is 0 Å². The molecular weight excluding hydrogens is 240 g/mol. The molecular formula is C5H12F3O4PSi. The van der Waals surface area contributed by atoms with Gasteiger partial charge in [-0.3, -0.25) is 4.52 Å². The molecule has 0 amide bonds. The van der Waals surface area contributed by atoms with Gasteiger partial charge in [-0.25, -0.2) is 4.57 Å². The highest BCUT2D eigenvalue weighted by atomic mass is 31.2. The number of hydrogen-bond acceptors (Lipinski definition) is 3. The highest BCUT2D eigenvalue weighted by Crippen LogP contribution is 2.47. The first-order valence-electron chi connectivity index (χ1n) is 3.66. The minimum atomic E-state index is -4.64. The minimum absolute atomic E-state index is 1.56. The van der Waals surface area contributed by atoms with E-state index in [4.69, 9.17) is 4.89 Å². The van der Waals surface area contributed by atoms with E-state index in [9.17, 15) is 17.7 Å². The fourth-order valence-corrected chi connectivity index (χ4v) is 3.82. The maximum atomic E-state index is 11.6. The summed E-state index contributed by atoms with van der Waals surface area (Å²) in [7, 11) is -6.96. The van der Waals surface area contributed by atoms with Crippen molar-refractivity contribution in [3.8, 4) is 0 Å². The van der Waals surface area contributed by atoms with Gasteiger partial charge < -0.3 is 9.11 Å². The van der Waals surface area contributed by atoms with Crippen molar-refractivity contribution >= 4 is 16.1 Å². The van der Waals surface area contributed by atoms with E-state index in [0.717, 1.165) is 0 Å². The van der Waals surface area contributed by atoms with Crippen LogP contribution >= 0.6 is 7.82 Å². The summed E-state index contributed by atoms with van der Waals surface area (Å²) in [6.45, 7) is 2.90. The Morgan fingerprint density at radius 2 is 1.79 bits per heavy atom. The van der Waals surface area contributed by atoms with Crippen molar-refractivity contribution in [1.29, 1.82) is 0 Å². The van der Waals surface area contributed by atoms with Crippen LogP contribution in [0.1, 0.15) is 0 Å². The molecule has 0 heterocycles. The summed E-state index contributed by atoms with van der Waals surface area (Å²) < 4.78 is 54.1. The van der Waals surface area contributed by atoms with Crippen molar-refractivity contribution in [2.75, 3.05) is 6.61 Å². The standard InChI is InChI=1S/C5H12F3O4PSi/c1-14(2,3)12-13(9,10)11-4-5(6,7)8/h4H2,1-3H3,(H,9,10). The van der Waals surface area contributed by atoms with Crippen molar-refractivity contribution in [3.63, 3.8) is 0 Å². The van der Waals surface area contributed by atoms with Crippen LogP contribution < -0.4 is 0 Å². The number of halogens is 3. The van der Waals surface area contributed by atoms with E-state index in [1.807, 2.05) is 0 Å². The van der Waals surface area contributed by atoms with Gasteiger partial charge in [0.1, 0.15) is 0 Å². The molecule has 0 radical (unpaired) electrons. The molecule has 0 saturated heterocycles. The lowest BCUT2D eigenvalue weighted by atomic mass is 10.7. The quantitative estimate of drug-likeness (QED) is 0.617.